The first-order chi connectivity index (χ1) is 15.4. The van der Waals surface area contributed by atoms with Crippen LogP contribution in [0.25, 0.3) is 11.1 Å². The normalized spacial score (nSPS) is 35.7. The molecule has 5 heteroatoms. The summed E-state index contributed by atoms with van der Waals surface area (Å²) in [6, 6.07) is 12.7. The van der Waals surface area contributed by atoms with Crippen LogP contribution < -0.4 is 0 Å². The third kappa shape index (κ3) is 3.47. The quantitative estimate of drug-likeness (QED) is 0.666. The molecule has 168 valence electrons. The molecule has 4 saturated carbocycles. The fraction of sp³-hybridized carbons (Fsp3) is 0.519. The molecule has 2 aromatic rings. The fourth-order valence-electron chi connectivity index (χ4n) is 7.51. The van der Waals surface area contributed by atoms with E-state index in [2.05, 4.69) is 4.90 Å². The fourth-order valence-corrected chi connectivity index (χ4v) is 7.77. The second kappa shape index (κ2) is 7.56. The summed E-state index contributed by atoms with van der Waals surface area (Å²) in [4.78, 5) is 15.6. The first-order valence-corrected chi connectivity index (χ1v) is 12.3. The Morgan fingerprint density at radius 2 is 1.72 bits per heavy atom. The topological polar surface area (TPSA) is 40.5 Å². The minimum Gasteiger partial charge on any atom is -0.390 e. The van der Waals surface area contributed by atoms with Gasteiger partial charge in [0, 0.05) is 23.5 Å². The van der Waals surface area contributed by atoms with Crippen molar-refractivity contribution < 1.29 is 14.3 Å². The summed E-state index contributed by atoms with van der Waals surface area (Å²) in [6.07, 6.45) is 6.59. The lowest BCUT2D eigenvalue weighted by Crippen LogP contribution is -2.62. The number of likely N-dealkylation sites (tertiary alicyclic amines) is 1. The lowest BCUT2D eigenvalue weighted by atomic mass is 9.52. The number of hydrogen-bond acceptors (Lipinski definition) is 2. The minimum atomic E-state index is -0.463. The van der Waals surface area contributed by atoms with Crippen molar-refractivity contribution in [3.8, 4) is 11.1 Å². The highest BCUT2D eigenvalue weighted by Crippen LogP contribution is 2.57. The van der Waals surface area contributed by atoms with Gasteiger partial charge >= 0.3 is 0 Å². The van der Waals surface area contributed by atoms with Gasteiger partial charge in [-0.1, -0.05) is 35.9 Å². The molecule has 2 aromatic carbocycles. The number of carbonyl (C=O) groups excluding carboxylic acids is 1. The van der Waals surface area contributed by atoms with Crippen LogP contribution in [0.1, 0.15) is 44.1 Å². The molecule has 5 aliphatic rings. The Balaban J connectivity index is 1.16. The van der Waals surface area contributed by atoms with Crippen LogP contribution in [-0.2, 0) is 11.2 Å². The first kappa shape index (κ1) is 20.7. The van der Waals surface area contributed by atoms with Crippen molar-refractivity contribution in [2.75, 3.05) is 6.54 Å². The second-order valence-corrected chi connectivity index (χ2v) is 11.1. The van der Waals surface area contributed by atoms with E-state index in [1.807, 2.05) is 18.2 Å². The van der Waals surface area contributed by atoms with Crippen LogP contribution in [0.5, 0.6) is 0 Å². The van der Waals surface area contributed by atoms with Gasteiger partial charge in [0.2, 0.25) is 5.91 Å². The third-order valence-corrected chi connectivity index (χ3v) is 8.95. The average Bonchev–Trinajstić information content (AvgIpc) is 3.09. The van der Waals surface area contributed by atoms with Crippen LogP contribution in [0, 0.1) is 29.5 Å². The van der Waals surface area contributed by atoms with Crippen molar-refractivity contribution in [1.29, 1.82) is 0 Å². The number of nitrogens with zero attached hydrogens (tertiary/aromatic N) is 1. The summed E-state index contributed by atoms with van der Waals surface area (Å²) < 4.78 is 13.2. The monoisotopic (exact) mass is 453 g/mol. The van der Waals surface area contributed by atoms with Crippen LogP contribution in [0.4, 0.5) is 4.39 Å². The highest BCUT2D eigenvalue weighted by atomic mass is 35.5. The zero-order valence-electron chi connectivity index (χ0n) is 18.1. The van der Waals surface area contributed by atoms with Gasteiger partial charge in [-0.05, 0) is 97.6 Å². The Kier molecular flexibility index (Phi) is 4.89. The summed E-state index contributed by atoms with van der Waals surface area (Å²) in [6.45, 7) is 0.829. The Morgan fingerprint density at radius 3 is 2.38 bits per heavy atom. The number of amides is 1. The van der Waals surface area contributed by atoms with Gasteiger partial charge in [-0.3, -0.25) is 4.79 Å². The second-order valence-electron chi connectivity index (χ2n) is 10.7. The summed E-state index contributed by atoms with van der Waals surface area (Å²) >= 11 is 6.61. The van der Waals surface area contributed by atoms with E-state index in [-0.39, 0.29) is 17.6 Å². The zero-order chi connectivity index (χ0) is 22.0. The molecule has 1 saturated heterocycles. The van der Waals surface area contributed by atoms with Crippen LogP contribution >= 0.6 is 11.6 Å². The maximum absolute atomic E-state index is 13.4. The number of rotatable bonds is 4. The van der Waals surface area contributed by atoms with E-state index in [1.54, 1.807) is 12.1 Å². The summed E-state index contributed by atoms with van der Waals surface area (Å²) in [5.41, 5.74) is 2.41. The largest absolute Gasteiger partial charge is 0.390 e. The molecule has 7 rings (SSSR count). The lowest BCUT2D eigenvalue weighted by Gasteiger charge is -2.59. The highest BCUT2D eigenvalue weighted by molar-refractivity contribution is 6.31. The molecule has 32 heavy (non-hydrogen) atoms. The highest BCUT2D eigenvalue weighted by Gasteiger charge is 2.57. The van der Waals surface area contributed by atoms with Crippen molar-refractivity contribution in [1.82, 2.24) is 4.90 Å². The van der Waals surface area contributed by atoms with Crippen LogP contribution in [0.2, 0.25) is 5.02 Å². The maximum Gasteiger partial charge on any atom is 0.226 e. The van der Waals surface area contributed by atoms with Gasteiger partial charge in [0.05, 0.1) is 5.60 Å². The van der Waals surface area contributed by atoms with E-state index in [0.717, 1.165) is 48.9 Å². The van der Waals surface area contributed by atoms with Crippen LogP contribution in [0.15, 0.2) is 42.5 Å². The maximum atomic E-state index is 13.4. The number of carbonyl (C=O) groups is 1. The average molecular weight is 454 g/mol. The Bertz CT molecular complexity index is 1040. The van der Waals surface area contributed by atoms with E-state index in [4.69, 9.17) is 11.6 Å². The molecule has 0 spiro atoms. The van der Waals surface area contributed by atoms with Gasteiger partial charge in [-0.2, -0.15) is 0 Å². The predicted molar refractivity (Wildman–Crippen MR) is 123 cm³/mol. The van der Waals surface area contributed by atoms with Crippen molar-refractivity contribution in [3.63, 3.8) is 0 Å². The van der Waals surface area contributed by atoms with E-state index >= 15 is 0 Å². The third-order valence-electron chi connectivity index (χ3n) is 8.60. The molecule has 0 aromatic heterocycles. The molecule has 1 heterocycles. The number of benzene rings is 2. The molecule has 1 amide bonds. The van der Waals surface area contributed by atoms with Crippen LogP contribution in [0.3, 0.4) is 0 Å². The van der Waals surface area contributed by atoms with Gasteiger partial charge < -0.3 is 10.0 Å². The van der Waals surface area contributed by atoms with Crippen molar-refractivity contribution in [2.24, 2.45) is 23.7 Å². The van der Waals surface area contributed by atoms with Crippen molar-refractivity contribution in [2.45, 2.75) is 56.6 Å². The molecule has 4 aliphatic carbocycles. The molecule has 1 aliphatic heterocycles. The molecule has 0 radical (unpaired) electrons. The van der Waals surface area contributed by atoms with E-state index in [0.29, 0.717) is 35.2 Å². The van der Waals surface area contributed by atoms with E-state index in [1.165, 1.54) is 25.0 Å². The molecule has 3 nitrogen and oxygen atoms in total. The minimum absolute atomic E-state index is 0.0237. The van der Waals surface area contributed by atoms with Crippen molar-refractivity contribution in [3.05, 3.63) is 58.9 Å². The summed E-state index contributed by atoms with van der Waals surface area (Å²) in [7, 11) is 0. The summed E-state index contributed by atoms with van der Waals surface area (Å²) in [5.74, 6) is 1.58. The molecule has 1 N–H and O–H groups in total. The van der Waals surface area contributed by atoms with Gasteiger partial charge in [-0.15, -0.1) is 0 Å². The van der Waals surface area contributed by atoms with Crippen molar-refractivity contribution >= 4 is 17.5 Å². The molecule has 5 fully saturated rings. The number of aliphatic hydroxyl groups is 1. The molecular weight excluding hydrogens is 425 g/mol. The Hall–Kier alpha value is -1.91. The molecule has 3 atom stereocenters. The molecule has 4 bridgehead atoms. The lowest BCUT2D eigenvalue weighted by molar-refractivity contribution is -0.168. The smallest absolute Gasteiger partial charge is 0.226 e. The molecule has 3 unspecified atom stereocenters. The van der Waals surface area contributed by atoms with Gasteiger partial charge in [-0.25, -0.2) is 4.39 Å². The SMILES string of the molecule is O=C1C(Cc2ccc(-c3ccc(F)cc3)cc2Cl)CCN1C1C2CC3CC1CC(O)(C3)C2. The van der Waals surface area contributed by atoms with Gasteiger partial charge in [0.1, 0.15) is 5.82 Å². The molecular formula is C27H29ClFNO2. The van der Waals surface area contributed by atoms with Gasteiger partial charge in [0.15, 0.2) is 0 Å². The van der Waals surface area contributed by atoms with Crippen LogP contribution in [-0.4, -0.2) is 34.1 Å². The number of hydrogen-bond donors (Lipinski definition) is 1. The zero-order valence-corrected chi connectivity index (χ0v) is 18.9. The number of halogens is 2. The first-order valence-electron chi connectivity index (χ1n) is 12.0. The Labute approximate surface area is 193 Å². The standard InChI is InChI=1S/C27H29ClFNO2/c28-24-12-18(17-3-5-23(29)6-4-17)1-2-19(24)11-20-7-8-30(26(20)31)25-21-9-16-10-22(25)15-27(32,13-16)14-21/h1-6,12,16,20-22,25,32H,7-11,13-15H2. The Morgan fingerprint density at radius 1 is 1.03 bits per heavy atom. The predicted octanol–water partition coefficient (Wildman–Crippen LogP) is 5.48. The van der Waals surface area contributed by atoms with E-state index in [9.17, 15) is 14.3 Å². The van der Waals surface area contributed by atoms with E-state index < -0.39 is 5.60 Å². The van der Waals surface area contributed by atoms with Gasteiger partial charge in [0.25, 0.3) is 0 Å². The summed E-state index contributed by atoms with van der Waals surface area (Å²) in [5, 5.41) is 11.5.